The minimum atomic E-state index is 0.0786. The van der Waals surface area contributed by atoms with Gasteiger partial charge in [-0.2, -0.15) is 5.26 Å². The second-order valence-corrected chi connectivity index (χ2v) is 10.4. The van der Waals surface area contributed by atoms with E-state index in [1.54, 1.807) is 11.8 Å². The topological polar surface area (TPSA) is 64.6 Å². The number of likely N-dealkylation sites (N-methyl/N-ethyl adjacent to an activating group) is 1. The number of carbonyl (C=O) groups is 1. The number of nitriles is 1. The zero-order chi connectivity index (χ0) is 25.4. The second-order valence-electron chi connectivity index (χ2n) is 9.39. The number of aryl methyl sites for hydroxylation is 1. The van der Waals surface area contributed by atoms with Gasteiger partial charge in [0, 0.05) is 37.7 Å². The highest BCUT2D eigenvalue weighted by Crippen LogP contribution is 2.39. The molecule has 1 aliphatic heterocycles. The lowest BCUT2D eigenvalue weighted by atomic mass is 10.0. The van der Waals surface area contributed by atoms with Gasteiger partial charge < -0.3 is 9.80 Å². The van der Waals surface area contributed by atoms with E-state index in [2.05, 4.69) is 52.0 Å². The smallest absolute Gasteiger partial charge is 0.232 e. The largest absolute Gasteiger partial charge is 0.364 e. The molecule has 2 heterocycles. The molecular formula is C28H35N5OS. The minimum absolute atomic E-state index is 0.0786. The maximum Gasteiger partial charge on any atom is 0.232 e. The van der Waals surface area contributed by atoms with Crippen molar-refractivity contribution in [3.63, 3.8) is 0 Å². The molecule has 6 nitrogen and oxygen atoms in total. The zero-order valence-corrected chi connectivity index (χ0v) is 22.1. The Morgan fingerprint density at radius 1 is 1.20 bits per heavy atom. The minimum Gasteiger partial charge on any atom is -0.364 e. The molecule has 0 radical (unpaired) electrons. The summed E-state index contributed by atoms with van der Waals surface area (Å²) in [5.74, 6) is 1.78. The molecule has 0 amide bonds. The van der Waals surface area contributed by atoms with Crippen molar-refractivity contribution in [2.75, 3.05) is 38.1 Å². The van der Waals surface area contributed by atoms with Gasteiger partial charge >= 0.3 is 0 Å². The highest BCUT2D eigenvalue weighted by molar-refractivity contribution is 7.98. The van der Waals surface area contributed by atoms with Crippen molar-refractivity contribution >= 4 is 29.1 Å². The van der Waals surface area contributed by atoms with Crippen LogP contribution in [0.2, 0.25) is 0 Å². The molecular weight excluding hydrogens is 454 g/mol. The van der Waals surface area contributed by atoms with Gasteiger partial charge in [-0.15, -0.1) is 11.8 Å². The molecule has 1 aromatic heterocycles. The van der Waals surface area contributed by atoms with Crippen LogP contribution in [0, 0.1) is 23.8 Å². The summed E-state index contributed by atoms with van der Waals surface area (Å²) in [6, 6.07) is 10.7. The lowest BCUT2D eigenvalue weighted by Gasteiger charge is -2.25. The van der Waals surface area contributed by atoms with E-state index in [-0.39, 0.29) is 5.92 Å². The first-order valence-electron chi connectivity index (χ1n) is 12.4. The number of thioether (sulfide) groups is 1. The van der Waals surface area contributed by atoms with Gasteiger partial charge in [0.15, 0.2) is 0 Å². The van der Waals surface area contributed by atoms with Crippen molar-refractivity contribution < 1.29 is 4.79 Å². The fourth-order valence-electron chi connectivity index (χ4n) is 4.26. The molecule has 0 saturated carbocycles. The summed E-state index contributed by atoms with van der Waals surface area (Å²) in [6.45, 7) is 17.4. The summed E-state index contributed by atoms with van der Waals surface area (Å²) in [5, 5.41) is 10.7. The number of aromatic nitrogens is 1. The van der Waals surface area contributed by atoms with Crippen LogP contribution in [-0.4, -0.2) is 48.9 Å². The summed E-state index contributed by atoms with van der Waals surface area (Å²) in [4.78, 5) is 25.2. The van der Waals surface area contributed by atoms with Crippen LogP contribution in [-0.2, 0) is 23.4 Å². The van der Waals surface area contributed by atoms with Crippen LogP contribution < -0.4 is 4.90 Å². The monoisotopic (exact) mass is 489 g/mol. The van der Waals surface area contributed by atoms with E-state index in [9.17, 15) is 10.1 Å². The maximum absolute atomic E-state index is 11.9. The van der Waals surface area contributed by atoms with E-state index in [0.717, 1.165) is 61.5 Å². The number of Topliss-reactive ketones (excluding diaryl/α,β-unsaturated/α-hetero) is 1. The number of hydrogen-bond donors (Lipinski definition) is 0. The molecule has 7 heteroatoms. The van der Waals surface area contributed by atoms with Crippen LogP contribution in [0.4, 0.5) is 11.5 Å². The van der Waals surface area contributed by atoms with Gasteiger partial charge in [-0.25, -0.2) is 9.83 Å². The van der Waals surface area contributed by atoms with Crippen LogP contribution in [0.5, 0.6) is 0 Å². The van der Waals surface area contributed by atoms with E-state index in [4.69, 9.17) is 11.6 Å². The Bertz CT molecular complexity index is 1110. The van der Waals surface area contributed by atoms with Crippen molar-refractivity contribution in [3.05, 3.63) is 57.9 Å². The molecule has 0 bridgehead atoms. The van der Waals surface area contributed by atoms with Gasteiger partial charge in [-0.3, -0.25) is 4.79 Å². The molecule has 1 saturated heterocycles. The van der Waals surface area contributed by atoms with E-state index in [1.807, 2.05) is 20.8 Å². The van der Waals surface area contributed by atoms with Crippen molar-refractivity contribution in [3.8, 4) is 6.07 Å². The average Bonchev–Trinajstić information content (AvgIpc) is 3.09. The lowest BCUT2D eigenvalue weighted by Crippen LogP contribution is -2.29. The number of carbonyl (C=O) groups excluding carboxylic acids is 1. The molecule has 2 aromatic rings. The number of rotatable bonds is 9. The van der Waals surface area contributed by atoms with Crippen molar-refractivity contribution in [1.82, 2.24) is 9.88 Å². The van der Waals surface area contributed by atoms with Gasteiger partial charge in [0.2, 0.25) is 5.69 Å². The van der Waals surface area contributed by atoms with Gasteiger partial charge in [0.1, 0.15) is 22.7 Å². The number of benzene rings is 1. The summed E-state index contributed by atoms with van der Waals surface area (Å²) in [5.41, 5.74) is 4.16. The summed E-state index contributed by atoms with van der Waals surface area (Å²) < 4.78 is 0. The van der Waals surface area contributed by atoms with Crippen LogP contribution >= 0.6 is 11.8 Å². The molecule has 3 rings (SSSR count). The Labute approximate surface area is 214 Å². The predicted molar refractivity (Wildman–Crippen MR) is 143 cm³/mol. The van der Waals surface area contributed by atoms with Crippen LogP contribution in [0.15, 0.2) is 29.3 Å². The zero-order valence-electron chi connectivity index (χ0n) is 21.3. The third-order valence-electron chi connectivity index (χ3n) is 6.52. The van der Waals surface area contributed by atoms with Crippen molar-refractivity contribution in [2.45, 2.75) is 57.2 Å². The fraction of sp³-hybridized carbons (Fsp3) is 0.500. The number of anilines is 1. The molecule has 0 atom stereocenters. The summed E-state index contributed by atoms with van der Waals surface area (Å²) >= 11 is 1.56. The molecule has 0 aliphatic carbocycles. The molecule has 0 N–H and O–H groups in total. The maximum atomic E-state index is 11.9. The fourth-order valence-corrected chi connectivity index (χ4v) is 5.22. The van der Waals surface area contributed by atoms with Crippen LogP contribution in [0.1, 0.15) is 55.9 Å². The Kier molecular flexibility index (Phi) is 9.72. The second kappa shape index (κ2) is 12.7. The molecule has 184 valence electrons. The quantitative estimate of drug-likeness (QED) is 0.335. The first-order valence-corrected chi connectivity index (χ1v) is 13.4. The molecule has 0 spiro atoms. The van der Waals surface area contributed by atoms with Crippen molar-refractivity contribution in [1.29, 1.82) is 5.26 Å². The third kappa shape index (κ3) is 6.84. The molecule has 0 unspecified atom stereocenters. The first kappa shape index (κ1) is 26.7. The van der Waals surface area contributed by atoms with Crippen LogP contribution in [0.3, 0.4) is 0 Å². The SMILES string of the molecule is [C-]#[N+]c1c(N2CCCN(C)CC2)nc(SCc2ccc(CCC(=O)C(C)C)cc2)c(C#N)c1CC. The number of pyridine rings is 1. The molecule has 1 aliphatic rings. The Morgan fingerprint density at radius 2 is 1.91 bits per heavy atom. The lowest BCUT2D eigenvalue weighted by molar-refractivity contribution is -0.121. The number of hydrogen-bond acceptors (Lipinski definition) is 6. The molecule has 1 aromatic carbocycles. The van der Waals surface area contributed by atoms with E-state index in [1.165, 1.54) is 0 Å². The Balaban J connectivity index is 1.81. The highest BCUT2D eigenvalue weighted by Gasteiger charge is 2.24. The summed E-state index contributed by atoms with van der Waals surface area (Å²) in [7, 11) is 2.12. The van der Waals surface area contributed by atoms with E-state index in [0.29, 0.717) is 40.7 Å². The standard InChI is InChI=1S/C28H35N5OS/c1-6-23-24(18-29)28(31-27(26(23)30-4)33-15-7-14-32(5)16-17-33)35-19-22-10-8-21(9-11-22)12-13-25(34)20(2)3/h8-11,20H,6-7,12-17,19H2,1-3,5H3. The normalized spacial score (nSPS) is 14.4. The van der Waals surface area contributed by atoms with Gasteiger partial charge in [-0.1, -0.05) is 45.0 Å². The van der Waals surface area contributed by atoms with Gasteiger partial charge in [-0.05, 0) is 49.5 Å². The molecule has 35 heavy (non-hydrogen) atoms. The Morgan fingerprint density at radius 3 is 2.54 bits per heavy atom. The Hall–Kier alpha value is -2.87. The number of ketones is 1. The first-order chi connectivity index (χ1) is 16.9. The highest BCUT2D eigenvalue weighted by atomic mass is 32.2. The van der Waals surface area contributed by atoms with E-state index >= 15 is 0 Å². The van der Waals surface area contributed by atoms with E-state index < -0.39 is 0 Å². The molecule has 1 fully saturated rings. The third-order valence-corrected chi connectivity index (χ3v) is 7.57. The predicted octanol–water partition coefficient (Wildman–Crippen LogP) is 5.66. The number of nitrogens with zero attached hydrogens (tertiary/aromatic N) is 5. The van der Waals surface area contributed by atoms with Crippen molar-refractivity contribution in [2.24, 2.45) is 5.92 Å². The average molecular weight is 490 g/mol. The van der Waals surface area contributed by atoms with Crippen LogP contribution in [0.25, 0.3) is 4.85 Å². The summed E-state index contributed by atoms with van der Waals surface area (Å²) in [6.07, 6.45) is 2.98. The van der Waals surface area contributed by atoms with Gasteiger partial charge in [0.05, 0.1) is 12.1 Å². The van der Waals surface area contributed by atoms with Gasteiger partial charge in [0.25, 0.3) is 0 Å².